The second kappa shape index (κ2) is 8.86. The Labute approximate surface area is 141 Å². The molecule has 2 aromatic rings. The summed E-state index contributed by atoms with van der Waals surface area (Å²) in [5.41, 5.74) is 2.35. The molecule has 22 heavy (non-hydrogen) atoms. The molecule has 1 aromatic carbocycles. The van der Waals surface area contributed by atoms with E-state index >= 15 is 0 Å². The van der Waals surface area contributed by atoms with Gasteiger partial charge in [0.2, 0.25) is 0 Å². The summed E-state index contributed by atoms with van der Waals surface area (Å²) in [7, 11) is 0. The minimum atomic E-state index is 0.547. The van der Waals surface area contributed by atoms with Gasteiger partial charge < -0.3 is 15.1 Å². The molecule has 3 nitrogen and oxygen atoms in total. The number of thioether (sulfide) groups is 1. The van der Waals surface area contributed by atoms with Crippen molar-refractivity contribution < 1.29 is 4.42 Å². The zero-order valence-corrected chi connectivity index (χ0v) is 14.6. The molecule has 0 spiro atoms. The molecule has 0 fully saturated rings. The van der Waals surface area contributed by atoms with Gasteiger partial charge in [-0.15, -0.1) is 0 Å². The second-order valence-corrected chi connectivity index (χ2v) is 6.80. The molecule has 1 aromatic heterocycles. The summed E-state index contributed by atoms with van der Waals surface area (Å²) in [5.74, 6) is 3.43. The van der Waals surface area contributed by atoms with Gasteiger partial charge >= 0.3 is 0 Å². The van der Waals surface area contributed by atoms with E-state index in [-0.39, 0.29) is 0 Å². The fraction of sp³-hybridized carbons (Fsp3) is 0.353. The van der Waals surface area contributed by atoms with E-state index in [9.17, 15) is 0 Å². The minimum absolute atomic E-state index is 0.547. The third-order valence-electron chi connectivity index (χ3n) is 3.19. The van der Waals surface area contributed by atoms with Gasteiger partial charge in [0.25, 0.3) is 0 Å². The van der Waals surface area contributed by atoms with Gasteiger partial charge in [0, 0.05) is 18.0 Å². The first-order chi connectivity index (χ1) is 10.6. The zero-order chi connectivity index (χ0) is 15.8. The van der Waals surface area contributed by atoms with Crippen molar-refractivity contribution in [3.05, 3.63) is 54.0 Å². The topological polar surface area (TPSA) is 37.2 Å². The molecule has 0 aliphatic carbocycles. The molecule has 0 aliphatic heterocycles. The number of anilines is 1. The van der Waals surface area contributed by atoms with Gasteiger partial charge in [-0.1, -0.05) is 26.0 Å². The maximum atomic E-state index is 5.30. The van der Waals surface area contributed by atoms with Gasteiger partial charge in [-0.3, -0.25) is 0 Å². The van der Waals surface area contributed by atoms with Gasteiger partial charge in [-0.05, 0) is 48.0 Å². The summed E-state index contributed by atoms with van der Waals surface area (Å²) < 4.78 is 5.29. The highest BCUT2D eigenvalue weighted by Gasteiger charge is 2.01. The molecule has 5 heteroatoms. The van der Waals surface area contributed by atoms with Gasteiger partial charge in [0.15, 0.2) is 5.11 Å². The largest absolute Gasteiger partial charge is 0.468 e. The summed E-state index contributed by atoms with van der Waals surface area (Å²) in [4.78, 5) is 0. The molecule has 0 unspecified atom stereocenters. The smallest absolute Gasteiger partial charge is 0.170 e. The van der Waals surface area contributed by atoms with Crippen molar-refractivity contribution in [3.63, 3.8) is 0 Å². The van der Waals surface area contributed by atoms with E-state index in [1.807, 2.05) is 23.9 Å². The van der Waals surface area contributed by atoms with Crippen LogP contribution in [0.5, 0.6) is 0 Å². The minimum Gasteiger partial charge on any atom is -0.468 e. The summed E-state index contributed by atoms with van der Waals surface area (Å²) >= 11 is 7.12. The van der Waals surface area contributed by atoms with Crippen LogP contribution in [0.2, 0.25) is 0 Å². The van der Waals surface area contributed by atoms with Crippen molar-refractivity contribution in [1.82, 2.24) is 5.32 Å². The van der Waals surface area contributed by atoms with Crippen molar-refractivity contribution >= 4 is 34.8 Å². The Balaban J connectivity index is 1.63. The Bertz CT molecular complexity index is 565. The first kappa shape index (κ1) is 16.9. The van der Waals surface area contributed by atoms with E-state index in [2.05, 4.69) is 48.7 Å². The SMILES string of the molecule is CC(C)c1ccc(NC(=S)NCCSCc2ccco2)cc1. The van der Waals surface area contributed by atoms with Crippen molar-refractivity contribution in [2.45, 2.75) is 25.5 Å². The molecule has 0 saturated carbocycles. The number of hydrogen-bond acceptors (Lipinski definition) is 3. The third kappa shape index (κ3) is 5.73. The first-order valence-electron chi connectivity index (χ1n) is 7.40. The molecular formula is C17H22N2OS2. The van der Waals surface area contributed by atoms with Crippen LogP contribution in [0.4, 0.5) is 5.69 Å². The van der Waals surface area contributed by atoms with Crippen LogP contribution in [0, 0.1) is 0 Å². The van der Waals surface area contributed by atoms with E-state index in [0.29, 0.717) is 11.0 Å². The summed E-state index contributed by atoms with van der Waals surface area (Å²) in [6.45, 7) is 5.21. The van der Waals surface area contributed by atoms with E-state index < -0.39 is 0 Å². The van der Waals surface area contributed by atoms with Gasteiger partial charge in [-0.25, -0.2) is 0 Å². The van der Waals surface area contributed by atoms with Crippen LogP contribution in [-0.2, 0) is 5.75 Å². The van der Waals surface area contributed by atoms with Crippen LogP contribution in [-0.4, -0.2) is 17.4 Å². The number of furan rings is 1. The average molecular weight is 335 g/mol. The lowest BCUT2D eigenvalue weighted by Gasteiger charge is -2.11. The Hall–Kier alpha value is -1.46. The van der Waals surface area contributed by atoms with E-state index in [1.165, 1.54) is 5.56 Å². The van der Waals surface area contributed by atoms with Crippen LogP contribution in [0.25, 0.3) is 0 Å². The van der Waals surface area contributed by atoms with Crippen molar-refractivity contribution in [2.75, 3.05) is 17.6 Å². The van der Waals surface area contributed by atoms with Crippen LogP contribution in [0.3, 0.4) is 0 Å². The van der Waals surface area contributed by atoms with Crippen LogP contribution in [0.15, 0.2) is 47.1 Å². The Morgan fingerprint density at radius 1 is 1.23 bits per heavy atom. The Morgan fingerprint density at radius 3 is 2.64 bits per heavy atom. The van der Waals surface area contributed by atoms with Crippen molar-refractivity contribution in [3.8, 4) is 0 Å². The highest BCUT2D eigenvalue weighted by atomic mass is 32.2. The molecule has 0 aliphatic rings. The molecular weight excluding hydrogens is 312 g/mol. The standard InChI is InChI=1S/C17H22N2OS2/c1-13(2)14-5-7-15(8-6-14)19-17(21)18-9-11-22-12-16-4-3-10-20-16/h3-8,10,13H,9,11-12H2,1-2H3,(H2,18,19,21). The van der Waals surface area contributed by atoms with Gasteiger partial charge in [-0.2, -0.15) is 11.8 Å². The normalized spacial score (nSPS) is 10.7. The maximum absolute atomic E-state index is 5.30. The molecule has 0 atom stereocenters. The van der Waals surface area contributed by atoms with E-state index in [1.54, 1.807) is 6.26 Å². The lowest BCUT2D eigenvalue weighted by atomic mass is 10.0. The Morgan fingerprint density at radius 2 is 2.00 bits per heavy atom. The van der Waals surface area contributed by atoms with Crippen molar-refractivity contribution in [2.24, 2.45) is 0 Å². The number of hydrogen-bond donors (Lipinski definition) is 2. The average Bonchev–Trinajstić information content (AvgIpc) is 3.00. The van der Waals surface area contributed by atoms with E-state index in [0.717, 1.165) is 29.5 Å². The summed E-state index contributed by atoms with van der Waals surface area (Å²) in [6.07, 6.45) is 1.71. The van der Waals surface area contributed by atoms with Crippen LogP contribution < -0.4 is 10.6 Å². The molecule has 2 rings (SSSR count). The predicted octanol–water partition coefficient (Wildman–Crippen LogP) is 4.62. The monoisotopic (exact) mass is 334 g/mol. The predicted molar refractivity (Wildman–Crippen MR) is 99.6 cm³/mol. The van der Waals surface area contributed by atoms with Crippen LogP contribution >= 0.6 is 24.0 Å². The fourth-order valence-electron chi connectivity index (χ4n) is 1.93. The lowest BCUT2D eigenvalue weighted by molar-refractivity contribution is 0.530. The lowest BCUT2D eigenvalue weighted by Crippen LogP contribution is -2.30. The number of thiocarbonyl (C=S) groups is 1. The highest BCUT2D eigenvalue weighted by molar-refractivity contribution is 7.98. The van der Waals surface area contributed by atoms with E-state index in [4.69, 9.17) is 16.6 Å². The zero-order valence-electron chi connectivity index (χ0n) is 13.0. The van der Waals surface area contributed by atoms with Gasteiger partial charge in [0.1, 0.15) is 5.76 Å². The molecule has 0 radical (unpaired) electrons. The number of rotatable bonds is 7. The number of nitrogens with one attached hydrogen (secondary N) is 2. The highest BCUT2D eigenvalue weighted by Crippen LogP contribution is 2.17. The third-order valence-corrected chi connectivity index (χ3v) is 4.42. The van der Waals surface area contributed by atoms with Crippen molar-refractivity contribution in [1.29, 1.82) is 0 Å². The Kier molecular flexibility index (Phi) is 6.80. The molecule has 0 saturated heterocycles. The second-order valence-electron chi connectivity index (χ2n) is 5.29. The molecule has 0 amide bonds. The number of benzene rings is 1. The fourth-order valence-corrected chi connectivity index (χ4v) is 2.91. The summed E-state index contributed by atoms with van der Waals surface area (Å²) in [5, 5.41) is 7.09. The quantitative estimate of drug-likeness (QED) is 0.571. The molecule has 2 N–H and O–H groups in total. The molecule has 0 bridgehead atoms. The maximum Gasteiger partial charge on any atom is 0.170 e. The molecule has 1 heterocycles. The van der Waals surface area contributed by atoms with Gasteiger partial charge in [0.05, 0.1) is 12.0 Å². The van der Waals surface area contributed by atoms with Crippen LogP contribution in [0.1, 0.15) is 31.1 Å². The molecule has 118 valence electrons. The summed E-state index contributed by atoms with van der Waals surface area (Å²) in [6, 6.07) is 12.3. The first-order valence-corrected chi connectivity index (χ1v) is 8.96.